The van der Waals surface area contributed by atoms with Crippen LogP contribution in [-0.2, 0) is 6.61 Å². The van der Waals surface area contributed by atoms with Crippen LogP contribution >= 0.6 is 11.8 Å². The van der Waals surface area contributed by atoms with Gasteiger partial charge < -0.3 is 4.74 Å². The Morgan fingerprint density at radius 3 is 2.74 bits per heavy atom. The lowest BCUT2D eigenvalue weighted by molar-refractivity contribution is 0.293. The zero-order valence-corrected chi connectivity index (χ0v) is 11.2. The highest BCUT2D eigenvalue weighted by Crippen LogP contribution is 2.27. The molecule has 0 spiro atoms. The van der Waals surface area contributed by atoms with Crippen molar-refractivity contribution < 1.29 is 9.13 Å². The van der Waals surface area contributed by atoms with E-state index in [1.807, 2.05) is 36.6 Å². The predicted molar refractivity (Wildman–Crippen MR) is 73.7 cm³/mol. The summed E-state index contributed by atoms with van der Waals surface area (Å²) >= 11 is 1.57. The topological polar surface area (TPSA) is 33.0 Å². The lowest BCUT2D eigenvalue weighted by Gasteiger charge is -2.10. The minimum Gasteiger partial charge on any atom is -0.488 e. The van der Waals surface area contributed by atoms with Crippen molar-refractivity contribution in [3.8, 4) is 11.8 Å². The third-order valence-corrected chi connectivity index (χ3v) is 3.43. The monoisotopic (exact) mass is 273 g/mol. The number of ether oxygens (including phenoxy) is 1. The Labute approximate surface area is 115 Å². The first-order valence-corrected chi connectivity index (χ1v) is 6.92. The summed E-state index contributed by atoms with van der Waals surface area (Å²) in [7, 11) is 0. The van der Waals surface area contributed by atoms with Crippen molar-refractivity contribution in [3.63, 3.8) is 0 Å². The first-order chi connectivity index (χ1) is 9.26. The molecular formula is C15H12FNOS. The highest BCUT2D eigenvalue weighted by molar-refractivity contribution is 7.98. The Hall–Kier alpha value is -1.99. The molecule has 0 bridgehead atoms. The number of hydrogen-bond donors (Lipinski definition) is 0. The van der Waals surface area contributed by atoms with Gasteiger partial charge in [0.1, 0.15) is 24.2 Å². The third-order valence-electron chi connectivity index (χ3n) is 2.65. The fourth-order valence-electron chi connectivity index (χ4n) is 1.67. The smallest absolute Gasteiger partial charge is 0.147 e. The molecule has 0 fully saturated rings. The van der Waals surface area contributed by atoms with E-state index in [1.54, 1.807) is 23.9 Å². The molecule has 4 heteroatoms. The van der Waals surface area contributed by atoms with Gasteiger partial charge in [-0.15, -0.1) is 11.8 Å². The standard InChI is InChI=1S/C15H12FNOS/c1-19-14-8-3-2-7-13(14)18-10-12-6-4-5-11(9-17)15(12)16/h2-8H,10H2,1H3. The number of thioether (sulfide) groups is 1. The van der Waals surface area contributed by atoms with Crippen molar-refractivity contribution in [2.75, 3.05) is 6.26 Å². The predicted octanol–water partition coefficient (Wildman–Crippen LogP) is 4.00. The van der Waals surface area contributed by atoms with E-state index in [0.717, 1.165) is 10.6 Å². The lowest BCUT2D eigenvalue weighted by atomic mass is 10.1. The van der Waals surface area contributed by atoms with E-state index < -0.39 is 5.82 Å². The van der Waals surface area contributed by atoms with Crippen LogP contribution in [0.4, 0.5) is 4.39 Å². The largest absolute Gasteiger partial charge is 0.488 e. The second kappa shape index (κ2) is 6.26. The summed E-state index contributed by atoms with van der Waals surface area (Å²) in [6, 6.07) is 14.1. The van der Waals surface area contributed by atoms with Crippen LogP contribution in [0.25, 0.3) is 0 Å². The van der Waals surface area contributed by atoms with Gasteiger partial charge >= 0.3 is 0 Å². The molecule has 0 radical (unpaired) electrons. The van der Waals surface area contributed by atoms with E-state index in [9.17, 15) is 4.39 Å². The molecule has 2 aromatic carbocycles. The molecule has 0 aliphatic rings. The van der Waals surface area contributed by atoms with E-state index in [-0.39, 0.29) is 12.2 Å². The average molecular weight is 273 g/mol. The first-order valence-electron chi connectivity index (χ1n) is 5.69. The van der Waals surface area contributed by atoms with Crippen LogP contribution in [0.1, 0.15) is 11.1 Å². The van der Waals surface area contributed by atoms with Crippen LogP contribution in [0.2, 0.25) is 0 Å². The molecule has 0 unspecified atom stereocenters. The van der Waals surface area contributed by atoms with Crippen LogP contribution in [-0.4, -0.2) is 6.26 Å². The number of nitriles is 1. The van der Waals surface area contributed by atoms with E-state index in [1.165, 1.54) is 6.07 Å². The van der Waals surface area contributed by atoms with E-state index in [4.69, 9.17) is 10.00 Å². The molecular weight excluding hydrogens is 261 g/mol. The van der Waals surface area contributed by atoms with Crippen LogP contribution in [0.5, 0.6) is 5.75 Å². The molecule has 0 saturated heterocycles. The third kappa shape index (κ3) is 3.07. The summed E-state index contributed by atoms with van der Waals surface area (Å²) in [6.45, 7) is 0.110. The molecule has 0 aliphatic heterocycles. The molecule has 2 nitrogen and oxygen atoms in total. The van der Waals surface area contributed by atoms with Crippen molar-refractivity contribution in [1.29, 1.82) is 5.26 Å². The van der Waals surface area contributed by atoms with Gasteiger partial charge in [0, 0.05) is 10.5 Å². The van der Waals surface area contributed by atoms with Crippen molar-refractivity contribution in [3.05, 3.63) is 59.4 Å². The van der Waals surface area contributed by atoms with Gasteiger partial charge in [-0.2, -0.15) is 5.26 Å². The zero-order valence-electron chi connectivity index (χ0n) is 10.4. The molecule has 19 heavy (non-hydrogen) atoms. The van der Waals surface area contributed by atoms with Crippen molar-refractivity contribution in [2.45, 2.75) is 11.5 Å². The Morgan fingerprint density at radius 1 is 1.21 bits per heavy atom. The van der Waals surface area contributed by atoms with Crippen LogP contribution in [0.3, 0.4) is 0 Å². The molecule has 0 N–H and O–H groups in total. The van der Waals surface area contributed by atoms with Gasteiger partial charge in [-0.25, -0.2) is 4.39 Å². The van der Waals surface area contributed by atoms with Crippen molar-refractivity contribution >= 4 is 11.8 Å². The van der Waals surface area contributed by atoms with E-state index in [0.29, 0.717) is 5.56 Å². The molecule has 96 valence electrons. The van der Waals surface area contributed by atoms with Gasteiger partial charge in [-0.1, -0.05) is 24.3 Å². The van der Waals surface area contributed by atoms with Gasteiger partial charge in [-0.05, 0) is 24.5 Å². The second-order valence-corrected chi connectivity index (χ2v) is 4.68. The number of nitrogens with zero attached hydrogens (tertiary/aromatic N) is 1. The second-order valence-electron chi connectivity index (χ2n) is 3.83. The molecule has 0 aromatic heterocycles. The summed E-state index contributed by atoms with van der Waals surface area (Å²) in [4.78, 5) is 0.999. The summed E-state index contributed by atoms with van der Waals surface area (Å²) in [5.74, 6) is 0.211. The Morgan fingerprint density at radius 2 is 2.00 bits per heavy atom. The highest BCUT2D eigenvalue weighted by Gasteiger charge is 2.09. The first kappa shape index (κ1) is 13.4. The Bertz CT molecular complexity index is 622. The minimum atomic E-state index is -0.508. The quantitative estimate of drug-likeness (QED) is 0.789. The van der Waals surface area contributed by atoms with Gasteiger partial charge in [0.2, 0.25) is 0 Å². The number of halogens is 1. The zero-order chi connectivity index (χ0) is 13.7. The number of benzene rings is 2. The van der Waals surface area contributed by atoms with E-state index in [2.05, 4.69) is 0 Å². The maximum atomic E-state index is 13.9. The maximum absolute atomic E-state index is 13.9. The van der Waals surface area contributed by atoms with Crippen molar-refractivity contribution in [1.82, 2.24) is 0 Å². The Kier molecular flexibility index (Phi) is 4.43. The average Bonchev–Trinajstić information content (AvgIpc) is 2.46. The maximum Gasteiger partial charge on any atom is 0.147 e. The summed E-state index contributed by atoms with van der Waals surface area (Å²) in [5, 5.41) is 8.78. The normalized spacial score (nSPS) is 9.95. The minimum absolute atomic E-state index is 0.0410. The van der Waals surface area contributed by atoms with Gasteiger partial charge in [0.05, 0.1) is 5.56 Å². The van der Waals surface area contributed by atoms with Crippen LogP contribution in [0, 0.1) is 17.1 Å². The van der Waals surface area contributed by atoms with Crippen molar-refractivity contribution in [2.24, 2.45) is 0 Å². The number of rotatable bonds is 4. The number of para-hydroxylation sites is 1. The molecule has 0 saturated carbocycles. The SMILES string of the molecule is CSc1ccccc1OCc1cccc(C#N)c1F. The number of hydrogen-bond acceptors (Lipinski definition) is 3. The molecule has 0 amide bonds. The molecule has 0 atom stereocenters. The summed E-state index contributed by atoms with van der Waals surface area (Å²) in [6.07, 6.45) is 1.96. The molecule has 0 aliphatic carbocycles. The molecule has 2 aromatic rings. The fourth-order valence-corrected chi connectivity index (χ4v) is 2.21. The fraction of sp³-hybridized carbons (Fsp3) is 0.133. The van der Waals surface area contributed by atoms with Crippen LogP contribution < -0.4 is 4.74 Å². The van der Waals surface area contributed by atoms with Gasteiger partial charge in [-0.3, -0.25) is 0 Å². The van der Waals surface area contributed by atoms with Gasteiger partial charge in [0.25, 0.3) is 0 Å². The lowest BCUT2D eigenvalue weighted by Crippen LogP contribution is -2.00. The van der Waals surface area contributed by atoms with Crippen LogP contribution in [0.15, 0.2) is 47.4 Å². The Balaban J connectivity index is 2.17. The highest BCUT2D eigenvalue weighted by atomic mass is 32.2. The molecule has 0 heterocycles. The summed E-state index contributed by atoms with van der Waals surface area (Å²) < 4.78 is 19.5. The molecule has 2 rings (SSSR count). The van der Waals surface area contributed by atoms with Gasteiger partial charge in [0.15, 0.2) is 0 Å². The summed E-state index contributed by atoms with van der Waals surface area (Å²) in [5.41, 5.74) is 0.425. The van der Waals surface area contributed by atoms with E-state index >= 15 is 0 Å².